The molecule has 0 saturated heterocycles. The normalized spacial score (nSPS) is 12.8. The highest BCUT2D eigenvalue weighted by Crippen LogP contribution is 2.13. The van der Waals surface area contributed by atoms with Crippen LogP contribution in [0.2, 0.25) is 0 Å². The van der Waals surface area contributed by atoms with Crippen molar-refractivity contribution in [2.24, 2.45) is 0 Å². The smallest absolute Gasteiger partial charge is 0.306 e. The van der Waals surface area contributed by atoms with E-state index in [2.05, 4.69) is 93.7 Å². The number of carbonyl (C=O) groups excluding carboxylic acids is 2. The van der Waals surface area contributed by atoms with E-state index in [1.165, 1.54) is 89.9 Å². The molecule has 0 spiro atoms. The van der Waals surface area contributed by atoms with Gasteiger partial charge in [-0.1, -0.05) is 184 Å². The molecule has 334 valence electrons. The van der Waals surface area contributed by atoms with Crippen molar-refractivity contribution < 1.29 is 23.8 Å². The number of unbranched alkanes of at least 4 members (excludes halogenated alkanes) is 21. The molecule has 1 atom stereocenters. The Hall–Kier alpha value is -2.66. The molecule has 0 aromatic heterocycles. The first-order valence-electron chi connectivity index (χ1n) is 24.5. The second-order valence-electron chi connectivity index (χ2n) is 16.0. The van der Waals surface area contributed by atoms with Gasteiger partial charge >= 0.3 is 11.9 Å². The summed E-state index contributed by atoms with van der Waals surface area (Å²) in [6.45, 7) is 7.58. The first-order chi connectivity index (χ1) is 28.6. The lowest BCUT2D eigenvalue weighted by atomic mass is 10.1. The van der Waals surface area contributed by atoms with Crippen LogP contribution in [0.3, 0.4) is 0 Å². The fourth-order valence-electron chi connectivity index (χ4n) is 6.56. The maximum Gasteiger partial charge on any atom is 0.306 e. The summed E-state index contributed by atoms with van der Waals surface area (Å²) in [5.41, 5.74) is 0. The van der Waals surface area contributed by atoms with Gasteiger partial charge in [0.1, 0.15) is 6.61 Å². The lowest BCUT2D eigenvalue weighted by molar-refractivity contribution is -0.163. The van der Waals surface area contributed by atoms with Gasteiger partial charge < -0.3 is 14.2 Å². The molecule has 0 bridgehead atoms. The third-order valence-corrected chi connectivity index (χ3v) is 10.2. The van der Waals surface area contributed by atoms with Crippen molar-refractivity contribution in [3.05, 3.63) is 72.9 Å². The maximum absolute atomic E-state index is 12.8. The van der Waals surface area contributed by atoms with Crippen molar-refractivity contribution in [3.8, 4) is 0 Å². The van der Waals surface area contributed by atoms with Crippen LogP contribution in [-0.4, -0.2) is 37.9 Å². The molecule has 5 nitrogen and oxygen atoms in total. The predicted octanol–water partition coefficient (Wildman–Crippen LogP) is 16.3. The summed E-state index contributed by atoms with van der Waals surface area (Å²) in [7, 11) is 0. The molecule has 0 aliphatic rings. The second-order valence-corrected chi connectivity index (χ2v) is 16.0. The summed E-state index contributed by atoms with van der Waals surface area (Å²) in [4.78, 5) is 25.3. The molecule has 0 heterocycles. The maximum atomic E-state index is 12.8. The van der Waals surface area contributed by atoms with Crippen LogP contribution in [-0.2, 0) is 23.8 Å². The minimum absolute atomic E-state index is 0.0640. The van der Waals surface area contributed by atoms with Crippen molar-refractivity contribution in [2.75, 3.05) is 19.8 Å². The highest BCUT2D eigenvalue weighted by atomic mass is 16.6. The molecule has 0 fully saturated rings. The lowest BCUT2D eigenvalue weighted by Gasteiger charge is -2.18. The van der Waals surface area contributed by atoms with Crippen LogP contribution in [0.4, 0.5) is 0 Å². The molecular formula is C53H92O5. The number of carbonyl (C=O) groups is 2. The Morgan fingerprint density at radius 1 is 0.397 bits per heavy atom. The molecule has 1 unspecified atom stereocenters. The van der Waals surface area contributed by atoms with E-state index in [4.69, 9.17) is 14.2 Å². The molecule has 58 heavy (non-hydrogen) atoms. The largest absolute Gasteiger partial charge is 0.462 e. The summed E-state index contributed by atoms with van der Waals surface area (Å²) in [5, 5.41) is 0. The zero-order valence-corrected chi connectivity index (χ0v) is 38.3. The van der Waals surface area contributed by atoms with Gasteiger partial charge in [-0.2, -0.15) is 0 Å². The zero-order chi connectivity index (χ0) is 42.1. The summed E-state index contributed by atoms with van der Waals surface area (Å²) in [5.74, 6) is -0.437. The average Bonchev–Trinajstić information content (AvgIpc) is 3.22. The molecule has 0 aliphatic heterocycles. The van der Waals surface area contributed by atoms with Crippen LogP contribution in [0.1, 0.15) is 226 Å². The van der Waals surface area contributed by atoms with Gasteiger partial charge in [-0.05, 0) is 103 Å². The van der Waals surface area contributed by atoms with Crippen LogP contribution < -0.4 is 0 Å². The van der Waals surface area contributed by atoms with E-state index in [1.807, 2.05) is 0 Å². The highest BCUT2D eigenvalue weighted by Gasteiger charge is 2.17. The molecule has 0 aromatic carbocycles. The van der Waals surface area contributed by atoms with Crippen LogP contribution >= 0.6 is 0 Å². The van der Waals surface area contributed by atoms with Crippen molar-refractivity contribution >= 4 is 11.9 Å². The Balaban J connectivity index is 4.33. The number of allylic oxidation sites excluding steroid dienone is 12. The van der Waals surface area contributed by atoms with Crippen molar-refractivity contribution in [1.29, 1.82) is 0 Å². The van der Waals surface area contributed by atoms with Crippen LogP contribution in [0.5, 0.6) is 0 Å². The summed E-state index contributed by atoms with van der Waals surface area (Å²) in [6, 6.07) is 0. The Morgan fingerprint density at radius 2 is 0.810 bits per heavy atom. The third-order valence-electron chi connectivity index (χ3n) is 10.2. The molecular weight excluding hydrogens is 717 g/mol. The zero-order valence-electron chi connectivity index (χ0n) is 38.3. The summed E-state index contributed by atoms with van der Waals surface area (Å²) < 4.78 is 17.3. The SMILES string of the molecule is CC/C=C\C/C=C\C/C=C\CCCCCCOCC(COC(=O)CCCCCCC/C=C\CCCCCCCC)OC(=O)CCCCCCC/C=C\C/C=C\CCC. The molecule has 0 aliphatic carbocycles. The molecule has 0 N–H and O–H groups in total. The number of hydrogen-bond acceptors (Lipinski definition) is 5. The van der Waals surface area contributed by atoms with Gasteiger partial charge in [0.15, 0.2) is 6.10 Å². The Morgan fingerprint density at radius 3 is 1.33 bits per heavy atom. The van der Waals surface area contributed by atoms with E-state index >= 15 is 0 Å². The second kappa shape index (κ2) is 48.7. The van der Waals surface area contributed by atoms with E-state index in [-0.39, 0.29) is 25.2 Å². The molecule has 0 radical (unpaired) electrons. The van der Waals surface area contributed by atoms with Crippen molar-refractivity contribution in [3.63, 3.8) is 0 Å². The van der Waals surface area contributed by atoms with Gasteiger partial charge in [-0.25, -0.2) is 0 Å². The minimum Gasteiger partial charge on any atom is -0.462 e. The summed E-state index contributed by atoms with van der Waals surface area (Å²) >= 11 is 0. The van der Waals surface area contributed by atoms with E-state index < -0.39 is 6.10 Å². The van der Waals surface area contributed by atoms with Crippen molar-refractivity contribution in [1.82, 2.24) is 0 Å². The van der Waals surface area contributed by atoms with Crippen LogP contribution in [0, 0.1) is 0 Å². The standard InChI is InChI=1S/C53H92O5/c1-4-7-10-13-16-19-22-25-27-29-31-34-37-40-43-46-52(54)57-50-51(49-56-48-45-42-39-36-33-30-26-23-20-17-14-11-8-5-2)58-53(55)47-44-41-38-35-32-28-24-21-18-15-12-9-6-3/h8,11-12,15,17,20-21,24-27,30,51H,4-7,9-10,13-14,16,18-19,22-23,28-29,31-50H2,1-3H3/b11-8-,15-12-,20-17-,24-21-,27-25-,30-26-. The number of ether oxygens (including phenoxy) is 3. The summed E-state index contributed by atoms with van der Waals surface area (Å²) in [6.07, 6.45) is 61.9. The van der Waals surface area contributed by atoms with E-state index in [9.17, 15) is 9.59 Å². The van der Waals surface area contributed by atoms with Gasteiger partial charge in [0.25, 0.3) is 0 Å². The number of rotatable bonds is 44. The predicted molar refractivity (Wildman–Crippen MR) is 251 cm³/mol. The Bertz CT molecular complexity index is 1050. The van der Waals surface area contributed by atoms with E-state index in [0.717, 1.165) is 103 Å². The highest BCUT2D eigenvalue weighted by molar-refractivity contribution is 5.70. The number of esters is 2. The van der Waals surface area contributed by atoms with Gasteiger partial charge in [-0.15, -0.1) is 0 Å². The van der Waals surface area contributed by atoms with E-state index in [1.54, 1.807) is 0 Å². The van der Waals surface area contributed by atoms with Gasteiger partial charge in [-0.3, -0.25) is 9.59 Å². The molecule has 5 heteroatoms. The van der Waals surface area contributed by atoms with Crippen molar-refractivity contribution in [2.45, 2.75) is 232 Å². The van der Waals surface area contributed by atoms with Crippen LogP contribution in [0.15, 0.2) is 72.9 Å². The monoisotopic (exact) mass is 809 g/mol. The molecule has 0 saturated carbocycles. The van der Waals surface area contributed by atoms with Crippen LogP contribution in [0.25, 0.3) is 0 Å². The molecule has 0 aromatic rings. The minimum atomic E-state index is -0.559. The average molecular weight is 809 g/mol. The van der Waals surface area contributed by atoms with Gasteiger partial charge in [0.05, 0.1) is 6.61 Å². The molecule has 0 amide bonds. The fraction of sp³-hybridized carbons (Fsp3) is 0.736. The first kappa shape index (κ1) is 55.3. The Labute approximate surface area is 359 Å². The molecule has 0 rings (SSSR count). The van der Waals surface area contributed by atoms with Gasteiger partial charge in [0.2, 0.25) is 0 Å². The lowest BCUT2D eigenvalue weighted by Crippen LogP contribution is -2.30. The Kier molecular flexibility index (Phi) is 46.5. The quantitative estimate of drug-likeness (QED) is 0.0348. The number of hydrogen-bond donors (Lipinski definition) is 0. The van der Waals surface area contributed by atoms with Gasteiger partial charge in [0, 0.05) is 19.4 Å². The topological polar surface area (TPSA) is 61.8 Å². The fourth-order valence-corrected chi connectivity index (χ4v) is 6.56. The van der Waals surface area contributed by atoms with E-state index in [0.29, 0.717) is 19.4 Å². The third kappa shape index (κ3) is 46.0. The first-order valence-corrected chi connectivity index (χ1v) is 24.5.